The predicted octanol–water partition coefficient (Wildman–Crippen LogP) is 3.41. The fourth-order valence-electron chi connectivity index (χ4n) is 3.12. The first-order chi connectivity index (χ1) is 12.9. The molecule has 0 radical (unpaired) electrons. The van der Waals surface area contributed by atoms with E-state index in [1.165, 1.54) is 26.2 Å². The summed E-state index contributed by atoms with van der Waals surface area (Å²) in [5.74, 6) is -0.713. The van der Waals surface area contributed by atoms with Crippen LogP contribution >= 0.6 is 11.6 Å². The third-order valence-corrected chi connectivity index (χ3v) is 4.78. The topological polar surface area (TPSA) is 76.1 Å². The van der Waals surface area contributed by atoms with E-state index in [0.717, 1.165) is 0 Å². The molecule has 0 bridgehead atoms. The molecular weight excluding hydrogens is 370 g/mol. The summed E-state index contributed by atoms with van der Waals surface area (Å²) < 4.78 is 10.6. The van der Waals surface area contributed by atoms with Crippen LogP contribution in [0.4, 0.5) is 0 Å². The summed E-state index contributed by atoms with van der Waals surface area (Å²) in [5.41, 5.74) is 0.951. The molecule has 1 aliphatic rings. The van der Waals surface area contributed by atoms with Crippen molar-refractivity contribution in [3.8, 4) is 11.5 Å². The van der Waals surface area contributed by atoms with Gasteiger partial charge in [0, 0.05) is 29.3 Å². The van der Waals surface area contributed by atoms with Crippen molar-refractivity contribution >= 4 is 29.1 Å². The van der Waals surface area contributed by atoms with E-state index in [2.05, 4.69) is 0 Å². The first-order valence-corrected chi connectivity index (χ1v) is 8.49. The van der Waals surface area contributed by atoms with Gasteiger partial charge < -0.3 is 19.5 Å². The van der Waals surface area contributed by atoms with Crippen LogP contribution in [0.2, 0.25) is 5.02 Å². The monoisotopic (exact) mass is 387 g/mol. The highest BCUT2D eigenvalue weighted by molar-refractivity contribution is 6.46. The summed E-state index contributed by atoms with van der Waals surface area (Å²) in [6.07, 6.45) is 0. The number of methoxy groups -OCH3 is 2. The molecule has 0 aliphatic carbocycles. The van der Waals surface area contributed by atoms with Crippen molar-refractivity contribution in [3.05, 3.63) is 64.2 Å². The molecule has 1 amide bonds. The van der Waals surface area contributed by atoms with Crippen molar-refractivity contribution in [1.29, 1.82) is 0 Å². The fraction of sp³-hybridized carbons (Fsp3) is 0.200. The molecule has 0 aromatic heterocycles. The van der Waals surface area contributed by atoms with Crippen LogP contribution in [-0.2, 0) is 9.59 Å². The van der Waals surface area contributed by atoms with Crippen LogP contribution in [0, 0.1) is 0 Å². The molecule has 1 heterocycles. The summed E-state index contributed by atoms with van der Waals surface area (Å²) in [4.78, 5) is 26.2. The van der Waals surface area contributed by atoms with E-state index in [4.69, 9.17) is 21.1 Å². The maximum atomic E-state index is 12.6. The van der Waals surface area contributed by atoms with E-state index in [9.17, 15) is 14.7 Å². The molecule has 1 saturated heterocycles. The number of ether oxygens (including phenoxy) is 2. The molecule has 0 saturated carbocycles. The molecule has 1 aliphatic heterocycles. The highest BCUT2D eigenvalue weighted by Crippen LogP contribution is 2.42. The summed E-state index contributed by atoms with van der Waals surface area (Å²) in [6.45, 7) is 0. The van der Waals surface area contributed by atoms with Gasteiger partial charge in [-0.25, -0.2) is 0 Å². The maximum Gasteiger partial charge on any atom is 0.295 e. The number of hydrogen-bond acceptors (Lipinski definition) is 5. The second-order valence-corrected chi connectivity index (χ2v) is 6.46. The van der Waals surface area contributed by atoms with Crippen molar-refractivity contribution in [2.24, 2.45) is 0 Å². The molecule has 6 nitrogen and oxygen atoms in total. The number of benzene rings is 2. The number of aliphatic hydroxyl groups is 1. The lowest BCUT2D eigenvalue weighted by atomic mass is 9.94. The highest BCUT2D eigenvalue weighted by atomic mass is 35.5. The lowest BCUT2D eigenvalue weighted by Crippen LogP contribution is -2.25. The zero-order valence-electron chi connectivity index (χ0n) is 15.0. The lowest BCUT2D eigenvalue weighted by molar-refractivity contribution is -0.139. The van der Waals surface area contributed by atoms with Gasteiger partial charge in [0.2, 0.25) is 0 Å². The van der Waals surface area contributed by atoms with Crippen LogP contribution in [0.25, 0.3) is 5.76 Å². The minimum absolute atomic E-state index is 0.00621. The van der Waals surface area contributed by atoms with Gasteiger partial charge in [0.25, 0.3) is 11.7 Å². The van der Waals surface area contributed by atoms with Gasteiger partial charge in [0.05, 0.1) is 25.8 Å². The number of nitrogens with zero attached hydrogens (tertiary/aromatic N) is 1. The zero-order valence-corrected chi connectivity index (χ0v) is 15.8. The predicted molar refractivity (Wildman–Crippen MR) is 101 cm³/mol. The van der Waals surface area contributed by atoms with Gasteiger partial charge in [0.15, 0.2) is 0 Å². The van der Waals surface area contributed by atoms with Crippen LogP contribution in [0.3, 0.4) is 0 Å². The number of carbonyl (C=O) groups excluding carboxylic acids is 2. The van der Waals surface area contributed by atoms with Crippen molar-refractivity contribution in [2.75, 3.05) is 21.3 Å². The Balaban J connectivity index is 2.20. The second kappa shape index (κ2) is 7.32. The van der Waals surface area contributed by atoms with Crippen molar-refractivity contribution < 1.29 is 24.2 Å². The standard InChI is InChI=1S/C20H18ClNO5/c1-22-17(14-9-8-13(26-2)10-15(14)27-3)16(19(24)20(22)25)18(23)11-4-6-12(21)7-5-11/h4-10,17,23H,1-3H3/b18-16+. The number of rotatable bonds is 4. The maximum absolute atomic E-state index is 12.6. The average Bonchev–Trinajstić information content (AvgIpc) is 2.91. The van der Waals surface area contributed by atoms with Gasteiger partial charge in [0.1, 0.15) is 17.3 Å². The lowest BCUT2D eigenvalue weighted by Gasteiger charge is -2.23. The number of Topliss-reactive ketones (excluding diaryl/α,β-unsaturated/α-hetero) is 1. The van der Waals surface area contributed by atoms with Crippen LogP contribution < -0.4 is 9.47 Å². The first kappa shape index (κ1) is 18.8. The highest BCUT2D eigenvalue weighted by Gasteiger charge is 2.45. The minimum Gasteiger partial charge on any atom is -0.507 e. The van der Waals surface area contributed by atoms with Crippen LogP contribution in [0.5, 0.6) is 11.5 Å². The number of carbonyl (C=O) groups is 2. The van der Waals surface area contributed by atoms with E-state index < -0.39 is 17.7 Å². The molecular formula is C20H18ClNO5. The van der Waals surface area contributed by atoms with E-state index in [1.807, 2.05) is 0 Å². The SMILES string of the molecule is COc1ccc(C2/C(=C(\O)c3ccc(Cl)cc3)C(=O)C(=O)N2C)c(OC)c1. The van der Waals surface area contributed by atoms with Crippen molar-refractivity contribution in [1.82, 2.24) is 4.90 Å². The Morgan fingerprint density at radius 3 is 2.33 bits per heavy atom. The number of aliphatic hydroxyl groups excluding tert-OH is 1. The molecule has 140 valence electrons. The fourth-order valence-corrected chi connectivity index (χ4v) is 3.25. The Morgan fingerprint density at radius 1 is 1.07 bits per heavy atom. The minimum atomic E-state index is -0.790. The van der Waals surface area contributed by atoms with Crippen LogP contribution in [0.1, 0.15) is 17.2 Å². The quantitative estimate of drug-likeness (QED) is 0.494. The largest absolute Gasteiger partial charge is 0.507 e. The Bertz CT molecular complexity index is 936. The number of ketones is 1. The molecule has 1 atom stereocenters. The third-order valence-electron chi connectivity index (χ3n) is 4.53. The van der Waals surface area contributed by atoms with Gasteiger partial charge in [-0.2, -0.15) is 0 Å². The molecule has 1 unspecified atom stereocenters. The Hall–Kier alpha value is -2.99. The summed E-state index contributed by atoms with van der Waals surface area (Å²) in [5, 5.41) is 11.3. The molecule has 1 N–H and O–H groups in total. The zero-order chi connectivity index (χ0) is 19.7. The number of likely N-dealkylation sites (N-methyl/N-ethyl adjacent to an activating group) is 1. The van der Waals surface area contributed by atoms with Gasteiger partial charge in [-0.1, -0.05) is 11.6 Å². The molecule has 2 aromatic carbocycles. The van der Waals surface area contributed by atoms with Crippen LogP contribution in [-0.4, -0.2) is 43.0 Å². The Morgan fingerprint density at radius 2 is 1.74 bits per heavy atom. The number of hydrogen-bond donors (Lipinski definition) is 1. The molecule has 0 spiro atoms. The number of likely N-dealkylation sites (tertiary alicyclic amines) is 1. The van der Waals surface area contributed by atoms with E-state index in [-0.39, 0.29) is 11.3 Å². The van der Waals surface area contributed by atoms with E-state index in [0.29, 0.717) is 27.6 Å². The van der Waals surface area contributed by atoms with Crippen molar-refractivity contribution in [2.45, 2.75) is 6.04 Å². The summed E-state index contributed by atoms with van der Waals surface area (Å²) in [7, 11) is 4.52. The summed E-state index contributed by atoms with van der Waals surface area (Å²) in [6, 6.07) is 10.7. The van der Waals surface area contributed by atoms with Crippen molar-refractivity contribution in [3.63, 3.8) is 0 Å². The molecule has 2 aromatic rings. The summed E-state index contributed by atoms with van der Waals surface area (Å²) >= 11 is 5.89. The van der Waals surface area contributed by atoms with E-state index >= 15 is 0 Å². The number of amides is 1. The van der Waals surface area contributed by atoms with Gasteiger partial charge >= 0.3 is 0 Å². The second-order valence-electron chi connectivity index (χ2n) is 6.02. The molecule has 7 heteroatoms. The Labute approximate surface area is 161 Å². The Kier molecular flexibility index (Phi) is 5.10. The van der Waals surface area contributed by atoms with Crippen LogP contribution in [0.15, 0.2) is 48.0 Å². The molecule has 1 fully saturated rings. The van der Waals surface area contributed by atoms with Gasteiger partial charge in [-0.05, 0) is 36.4 Å². The average molecular weight is 388 g/mol. The molecule has 27 heavy (non-hydrogen) atoms. The number of halogens is 1. The van der Waals surface area contributed by atoms with Gasteiger partial charge in [-0.3, -0.25) is 9.59 Å². The third kappa shape index (κ3) is 3.24. The van der Waals surface area contributed by atoms with Gasteiger partial charge in [-0.15, -0.1) is 0 Å². The molecule has 3 rings (SSSR count). The normalized spacial score (nSPS) is 18.7. The first-order valence-electron chi connectivity index (χ1n) is 8.11. The van der Waals surface area contributed by atoms with E-state index in [1.54, 1.807) is 42.5 Å². The smallest absolute Gasteiger partial charge is 0.295 e.